The molecular weight excluding hydrogens is 236 g/mol. The first kappa shape index (κ1) is 12.6. The van der Waals surface area contributed by atoms with Gasteiger partial charge in [0.25, 0.3) is 0 Å². The van der Waals surface area contributed by atoms with E-state index in [4.69, 9.17) is 4.99 Å². The average Bonchev–Trinajstić information content (AvgIpc) is 2.73. The highest BCUT2D eigenvalue weighted by Gasteiger charge is 2.31. The van der Waals surface area contributed by atoms with Gasteiger partial charge in [0.1, 0.15) is 0 Å². The molecule has 0 radical (unpaired) electrons. The van der Waals surface area contributed by atoms with E-state index in [1.807, 2.05) is 23.5 Å². The lowest BCUT2D eigenvalue weighted by Gasteiger charge is -2.25. The summed E-state index contributed by atoms with van der Waals surface area (Å²) in [6.45, 7) is 4.47. The summed E-state index contributed by atoms with van der Waals surface area (Å²) in [4.78, 5) is 4.85. The molecule has 4 heteroatoms. The third-order valence-electron chi connectivity index (χ3n) is 3.28. The monoisotopic (exact) mass is 258 g/mol. The number of hydrogen-bond donors (Lipinski definition) is 1. The molecule has 0 bridgehead atoms. The number of fused-ring (bicyclic) bond motifs is 1. The maximum atomic E-state index is 4.85. The molecule has 1 heterocycles. The maximum absolute atomic E-state index is 4.85. The van der Waals surface area contributed by atoms with Gasteiger partial charge in [0.2, 0.25) is 0 Å². The molecule has 2 nitrogen and oxygen atoms in total. The fourth-order valence-electron chi connectivity index (χ4n) is 2.38. The molecule has 1 aliphatic heterocycles. The summed E-state index contributed by atoms with van der Waals surface area (Å²) < 4.78 is 0. The summed E-state index contributed by atoms with van der Waals surface area (Å²) in [6, 6.07) is 1.18. The molecule has 3 unspecified atom stereocenters. The molecule has 0 aromatic rings. The van der Waals surface area contributed by atoms with E-state index in [9.17, 15) is 0 Å². The Hall–Kier alpha value is 0.170. The number of rotatable bonds is 4. The second kappa shape index (κ2) is 6.20. The second-order valence-electron chi connectivity index (χ2n) is 4.71. The van der Waals surface area contributed by atoms with Gasteiger partial charge in [0.05, 0.1) is 6.04 Å². The number of aliphatic imine (C=N–C) groups is 1. The highest BCUT2D eigenvalue weighted by atomic mass is 32.2. The minimum absolute atomic E-state index is 0.550. The van der Waals surface area contributed by atoms with Crippen LogP contribution >= 0.6 is 23.5 Å². The third kappa shape index (κ3) is 3.33. The van der Waals surface area contributed by atoms with Crippen LogP contribution in [0.3, 0.4) is 0 Å². The van der Waals surface area contributed by atoms with Crippen molar-refractivity contribution < 1.29 is 0 Å². The average molecular weight is 258 g/mol. The predicted octanol–water partition coefficient (Wildman–Crippen LogP) is 2.99. The number of amidine groups is 1. The van der Waals surface area contributed by atoms with Gasteiger partial charge in [-0.1, -0.05) is 25.1 Å². The third-order valence-corrected chi connectivity index (χ3v) is 5.51. The lowest BCUT2D eigenvalue weighted by molar-refractivity contribution is 0.531. The van der Waals surface area contributed by atoms with Crippen molar-refractivity contribution in [2.75, 3.05) is 17.3 Å². The zero-order valence-electron chi connectivity index (χ0n) is 10.2. The van der Waals surface area contributed by atoms with Crippen LogP contribution in [0.5, 0.6) is 0 Å². The van der Waals surface area contributed by atoms with Crippen LogP contribution in [0.15, 0.2) is 4.99 Å². The highest BCUT2D eigenvalue weighted by Crippen LogP contribution is 2.35. The Bertz CT molecular complexity index is 255. The fraction of sp³-hybridized carbons (Fsp3) is 0.917. The normalized spacial score (nSPS) is 30.8. The molecule has 92 valence electrons. The molecule has 0 spiro atoms. The van der Waals surface area contributed by atoms with Gasteiger partial charge in [-0.2, -0.15) is 11.8 Å². The SMILES string of the molecule is CCSCC(C)NC1=NC2CCCC2CS1. The van der Waals surface area contributed by atoms with Crippen LogP contribution in [-0.4, -0.2) is 34.5 Å². The van der Waals surface area contributed by atoms with Gasteiger partial charge < -0.3 is 5.32 Å². The van der Waals surface area contributed by atoms with E-state index in [-0.39, 0.29) is 0 Å². The zero-order valence-corrected chi connectivity index (χ0v) is 11.9. The van der Waals surface area contributed by atoms with Crippen molar-refractivity contribution in [3.05, 3.63) is 0 Å². The minimum Gasteiger partial charge on any atom is -0.362 e. The fourth-order valence-corrected chi connectivity index (χ4v) is 4.31. The Morgan fingerprint density at radius 1 is 1.56 bits per heavy atom. The lowest BCUT2D eigenvalue weighted by atomic mass is 10.1. The standard InChI is InChI=1S/C12H22N2S2/c1-3-15-7-9(2)13-12-14-11-6-4-5-10(11)8-16-12/h9-11H,3-8H2,1-2H3,(H,13,14). The Labute approximate surface area is 107 Å². The van der Waals surface area contributed by atoms with Gasteiger partial charge in [-0.3, -0.25) is 4.99 Å². The molecule has 0 aromatic heterocycles. The molecule has 1 saturated carbocycles. The highest BCUT2D eigenvalue weighted by molar-refractivity contribution is 8.13. The van der Waals surface area contributed by atoms with Crippen molar-refractivity contribution in [1.29, 1.82) is 0 Å². The van der Waals surface area contributed by atoms with E-state index >= 15 is 0 Å². The molecule has 2 aliphatic rings. The smallest absolute Gasteiger partial charge is 0.157 e. The van der Waals surface area contributed by atoms with Crippen LogP contribution in [0.25, 0.3) is 0 Å². The maximum Gasteiger partial charge on any atom is 0.157 e. The number of hydrogen-bond acceptors (Lipinski definition) is 4. The Morgan fingerprint density at radius 2 is 2.44 bits per heavy atom. The molecule has 0 saturated heterocycles. The molecule has 0 aromatic carbocycles. The van der Waals surface area contributed by atoms with Crippen LogP contribution in [0.1, 0.15) is 33.1 Å². The van der Waals surface area contributed by atoms with Crippen LogP contribution in [0, 0.1) is 5.92 Å². The van der Waals surface area contributed by atoms with Gasteiger partial charge in [0.15, 0.2) is 5.17 Å². The van der Waals surface area contributed by atoms with E-state index in [0.717, 1.165) is 5.92 Å². The predicted molar refractivity (Wildman–Crippen MR) is 76.6 cm³/mol. The largest absolute Gasteiger partial charge is 0.362 e. The first-order chi connectivity index (χ1) is 7.79. The van der Waals surface area contributed by atoms with Gasteiger partial charge in [0, 0.05) is 17.5 Å². The van der Waals surface area contributed by atoms with Crippen molar-refractivity contribution in [3.8, 4) is 0 Å². The zero-order chi connectivity index (χ0) is 11.4. The first-order valence-electron chi connectivity index (χ1n) is 6.34. The Kier molecular flexibility index (Phi) is 4.89. The van der Waals surface area contributed by atoms with E-state index in [2.05, 4.69) is 19.2 Å². The quantitative estimate of drug-likeness (QED) is 0.839. The Balaban J connectivity index is 1.81. The molecule has 3 atom stereocenters. The number of nitrogens with zero attached hydrogens (tertiary/aromatic N) is 1. The first-order valence-corrected chi connectivity index (χ1v) is 8.48. The molecule has 16 heavy (non-hydrogen) atoms. The van der Waals surface area contributed by atoms with E-state index in [0.29, 0.717) is 12.1 Å². The lowest BCUT2D eigenvalue weighted by Crippen LogP contribution is -2.36. The molecule has 2 rings (SSSR count). The van der Waals surface area contributed by atoms with Crippen molar-refractivity contribution in [2.24, 2.45) is 10.9 Å². The van der Waals surface area contributed by atoms with Crippen LogP contribution in [0.2, 0.25) is 0 Å². The van der Waals surface area contributed by atoms with Crippen LogP contribution in [0.4, 0.5) is 0 Å². The number of thioether (sulfide) groups is 2. The summed E-state index contributed by atoms with van der Waals surface area (Å²) >= 11 is 3.93. The molecular formula is C12H22N2S2. The summed E-state index contributed by atoms with van der Waals surface area (Å²) in [5.74, 6) is 4.54. The minimum atomic E-state index is 0.550. The van der Waals surface area contributed by atoms with Gasteiger partial charge in [-0.25, -0.2) is 0 Å². The van der Waals surface area contributed by atoms with E-state index in [1.165, 1.54) is 41.7 Å². The van der Waals surface area contributed by atoms with Gasteiger partial charge in [-0.15, -0.1) is 0 Å². The topological polar surface area (TPSA) is 24.4 Å². The molecule has 1 aliphatic carbocycles. The summed E-state index contributed by atoms with van der Waals surface area (Å²) in [7, 11) is 0. The van der Waals surface area contributed by atoms with Crippen molar-refractivity contribution in [3.63, 3.8) is 0 Å². The molecule has 0 amide bonds. The summed E-state index contributed by atoms with van der Waals surface area (Å²) in [5.41, 5.74) is 0. The van der Waals surface area contributed by atoms with Gasteiger partial charge in [-0.05, 0) is 31.4 Å². The molecule has 1 N–H and O–H groups in total. The Morgan fingerprint density at radius 3 is 3.25 bits per heavy atom. The molecule has 1 fully saturated rings. The second-order valence-corrected chi connectivity index (χ2v) is 7.04. The van der Waals surface area contributed by atoms with Crippen LogP contribution < -0.4 is 5.32 Å². The summed E-state index contributed by atoms with van der Waals surface area (Å²) in [6.07, 6.45) is 4.10. The summed E-state index contributed by atoms with van der Waals surface area (Å²) in [5, 5.41) is 4.76. The van der Waals surface area contributed by atoms with E-state index in [1.54, 1.807) is 0 Å². The van der Waals surface area contributed by atoms with Crippen molar-refractivity contribution >= 4 is 28.7 Å². The van der Waals surface area contributed by atoms with E-state index < -0.39 is 0 Å². The van der Waals surface area contributed by atoms with Crippen molar-refractivity contribution in [2.45, 2.75) is 45.2 Å². The van der Waals surface area contributed by atoms with Gasteiger partial charge >= 0.3 is 0 Å². The van der Waals surface area contributed by atoms with Crippen molar-refractivity contribution in [1.82, 2.24) is 5.32 Å². The number of nitrogens with one attached hydrogen (secondary N) is 1. The van der Waals surface area contributed by atoms with Crippen LogP contribution in [-0.2, 0) is 0 Å².